The van der Waals surface area contributed by atoms with Gasteiger partial charge in [-0.2, -0.15) is 10.5 Å². The molecule has 0 aromatic heterocycles. The fourth-order valence-corrected chi connectivity index (χ4v) is 1.63. The summed E-state index contributed by atoms with van der Waals surface area (Å²) in [6, 6.07) is 7.68. The normalized spacial score (nSPS) is 9.14. The molecule has 0 atom stereocenters. The molecule has 0 aliphatic heterocycles. The Hall–Kier alpha value is -1.51. The van der Waals surface area contributed by atoms with Crippen molar-refractivity contribution in [3.63, 3.8) is 0 Å². The highest BCUT2D eigenvalue weighted by Gasteiger charge is 2.07. The Labute approximate surface area is 88.3 Å². The summed E-state index contributed by atoms with van der Waals surface area (Å²) in [6.45, 7) is 1.96. The van der Waals surface area contributed by atoms with Crippen molar-refractivity contribution in [3.8, 4) is 12.1 Å². The van der Waals surface area contributed by atoms with Gasteiger partial charge in [-0.15, -0.1) is 0 Å². The minimum atomic E-state index is 0.332. The van der Waals surface area contributed by atoms with E-state index in [1.54, 1.807) is 6.07 Å². The summed E-state index contributed by atoms with van der Waals surface area (Å²) in [5.41, 5.74) is 2.30. The van der Waals surface area contributed by atoms with Crippen LogP contribution in [-0.4, -0.2) is 0 Å². The molecule has 0 radical (unpaired) electrons. The van der Waals surface area contributed by atoms with E-state index < -0.39 is 0 Å². The topological polar surface area (TPSA) is 47.6 Å². The Balaban J connectivity index is 3.27. The van der Waals surface area contributed by atoms with Crippen molar-refractivity contribution in [1.82, 2.24) is 0 Å². The molecule has 0 saturated heterocycles. The van der Waals surface area contributed by atoms with Crippen LogP contribution >= 0.6 is 11.6 Å². The standard InChI is InChI=1S/C11H9ClN2/c1-2-9-5-8(3-4-13)6-11(12)10(9)7-14/h5-6H,2-3H2,1H3. The first-order chi connectivity index (χ1) is 6.72. The second-order valence-electron chi connectivity index (χ2n) is 2.91. The van der Waals surface area contributed by atoms with E-state index in [0.717, 1.165) is 17.5 Å². The van der Waals surface area contributed by atoms with Gasteiger partial charge in [0.15, 0.2) is 0 Å². The lowest BCUT2D eigenvalue weighted by Crippen LogP contribution is -1.92. The molecular formula is C11H9ClN2. The maximum atomic E-state index is 8.85. The molecule has 14 heavy (non-hydrogen) atoms. The van der Waals surface area contributed by atoms with Gasteiger partial charge < -0.3 is 0 Å². The molecule has 0 aliphatic rings. The third-order valence-corrected chi connectivity index (χ3v) is 2.31. The van der Waals surface area contributed by atoms with Gasteiger partial charge in [-0.25, -0.2) is 0 Å². The van der Waals surface area contributed by atoms with E-state index in [1.807, 2.05) is 13.0 Å². The zero-order chi connectivity index (χ0) is 10.6. The summed E-state index contributed by atoms with van der Waals surface area (Å²) in [5.74, 6) is 0. The Morgan fingerprint density at radius 2 is 2.07 bits per heavy atom. The molecule has 0 amide bonds. The first-order valence-electron chi connectivity index (χ1n) is 4.31. The molecule has 2 nitrogen and oxygen atoms in total. The number of benzene rings is 1. The maximum Gasteiger partial charge on any atom is 0.101 e. The highest BCUT2D eigenvalue weighted by atomic mass is 35.5. The van der Waals surface area contributed by atoms with E-state index in [-0.39, 0.29) is 0 Å². The molecule has 1 aromatic rings. The van der Waals surface area contributed by atoms with Crippen LogP contribution < -0.4 is 0 Å². The number of halogens is 1. The Bertz CT molecular complexity index is 424. The van der Waals surface area contributed by atoms with Gasteiger partial charge in [0.2, 0.25) is 0 Å². The van der Waals surface area contributed by atoms with Gasteiger partial charge in [-0.3, -0.25) is 0 Å². The molecular weight excluding hydrogens is 196 g/mol. The van der Waals surface area contributed by atoms with E-state index in [2.05, 4.69) is 12.1 Å². The minimum absolute atomic E-state index is 0.332. The maximum absolute atomic E-state index is 8.85. The van der Waals surface area contributed by atoms with Crippen molar-refractivity contribution in [2.75, 3.05) is 0 Å². The molecule has 3 heteroatoms. The zero-order valence-electron chi connectivity index (χ0n) is 7.84. The van der Waals surface area contributed by atoms with E-state index in [1.165, 1.54) is 0 Å². The predicted octanol–water partition coefficient (Wildman–Crippen LogP) is 2.84. The minimum Gasteiger partial charge on any atom is -0.198 e. The molecule has 0 spiro atoms. The van der Waals surface area contributed by atoms with Crippen LogP contribution in [0, 0.1) is 22.7 Å². The van der Waals surface area contributed by atoms with Crippen molar-refractivity contribution in [3.05, 3.63) is 33.8 Å². The lowest BCUT2D eigenvalue weighted by atomic mass is 10.0. The molecule has 1 aromatic carbocycles. The van der Waals surface area contributed by atoms with Crippen molar-refractivity contribution in [2.24, 2.45) is 0 Å². The fraction of sp³-hybridized carbons (Fsp3) is 0.273. The largest absolute Gasteiger partial charge is 0.198 e. The lowest BCUT2D eigenvalue weighted by Gasteiger charge is -2.05. The third kappa shape index (κ3) is 2.05. The molecule has 0 aliphatic carbocycles. The zero-order valence-corrected chi connectivity index (χ0v) is 8.60. The SMILES string of the molecule is CCc1cc(CC#N)cc(Cl)c1C#N. The number of hydrogen-bond donors (Lipinski definition) is 0. The van der Waals surface area contributed by atoms with Crippen LogP contribution in [0.15, 0.2) is 12.1 Å². The summed E-state index contributed by atoms with van der Waals surface area (Å²) in [4.78, 5) is 0. The van der Waals surface area contributed by atoms with Gasteiger partial charge >= 0.3 is 0 Å². The van der Waals surface area contributed by atoms with E-state index in [4.69, 9.17) is 22.1 Å². The summed E-state index contributed by atoms with van der Waals surface area (Å²) in [7, 11) is 0. The van der Waals surface area contributed by atoms with Crippen molar-refractivity contribution >= 4 is 11.6 Å². The van der Waals surface area contributed by atoms with Crippen LogP contribution in [0.4, 0.5) is 0 Å². The molecule has 0 saturated carbocycles. The number of hydrogen-bond acceptors (Lipinski definition) is 2. The Morgan fingerprint density at radius 3 is 2.57 bits per heavy atom. The third-order valence-electron chi connectivity index (χ3n) is 2.01. The van der Waals surface area contributed by atoms with Gasteiger partial charge in [0.1, 0.15) is 6.07 Å². The second-order valence-corrected chi connectivity index (χ2v) is 3.32. The highest BCUT2D eigenvalue weighted by molar-refractivity contribution is 6.31. The summed E-state index contributed by atoms with van der Waals surface area (Å²) in [5, 5.41) is 17.8. The van der Waals surface area contributed by atoms with E-state index in [9.17, 15) is 0 Å². The quantitative estimate of drug-likeness (QED) is 0.744. The predicted molar refractivity (Wildman–Crippen MR) is 54.9 cm³/mol. The number of nitrogens with zero attached hydrogens (tertiary/aromatic N) is 2. The van der Waals surface area contributed by atoms with E-state index >= 15 is 0 Å². The van der Waals surface area contributed by atoms with Gasteiger partial charge in [-0.1, -0.05) is 24.6 Å². The van der Waals surface area contributed by atoms with Gasteiger partial charge in [0, 0.05) is 0 Å². The van der Waals surface area contributed by atoms with Crippen LogP contribution in [0.1, 0.15) is 23.6 Å². The van der Waals surface area contributed by atoms with Crippen molar-refractivity contribution < 1.29 is 0 Å². The lowest BCUT2D eigenvalue weighted by molar-refractivity contribution is 1.11. The summed E-state index contributed by atoms with van der Waals surface area (Å²) in [6.07, 6.45) is 1.08. The van der Waals surface area contributed by atoms with Crippen molar-refractivity contribution in [1.29, 1.82) is 10.5 Å². The second kappa shape index (κ2) is 4.65. The average molecular weight is 205 g/mol. The monoisotopic (exact) mass is 204 g/mol. The van der Waals surface area contributed by atoms with E-state index in [0.29, 0.717) is 17.0 Å². The molecule has 0 heterocycles. The molecule has 1 rings (SSSR count). The van der Waals surface area contributed by atoms with Crippen LogP contribution in [0.3, 0.4) is 0 Å². The van der Waals surface area contributed by atoms with Crippen LogP contribution in [0.2, 0.25) is 5.02 Å². The number of aryl methyl sites for hydroxylation is 1. The number of nitriles is 2. The van der Waals surface area contributed by atoms with Gasteiger partial charge in [-0.05, 0) is 23.6 Å². The summed E-state index contributed by atoms with van der Waals surface area (Å²) < 4.78 is 0. The fourth-order valence-electron chi connectivity index (χ4n) is 1.32. The molecule has 0 bridgehead atoms. The summed E-state index contributed by atoms with van der Waals surface area (Å²) >= 11 is 5.92. The molecule has 0 unspecified atom stereocenters. The van der Waals surface area contributed by atoms with Crippen LogP contribution in [-0.2, 0) is 12.8 Å². The first kappa shape index (κ1) is 10.6. The molecule has 0 fully saturated rings. The number of rotatable bonds is 2. The Kier molecular flexibility index (Phi) is 3.51. The first-order valence-corrected chi connectivity index (χ1v) is 4.69. The average Bonchev–Trinajstić information content (AvgIpc) is 2.17. The van der Waals surface area contributed by atoms with Gasteiger partial charge in [0.05, 0.1) is 23.1 Å². The van der Waals surface area contributed by atoms with Crippen LogP contribution in [0.25, 0.3) is 0 Å². The smallest absolute Gasteiger partial charge is 0.101 e. The van der Waals surface area contributed by atoms with Crippen molar-refractivity contribution in [2.45, 2.75) is 19.8 Å². The Morgan fingerprint density at radius 1 is 1.36 bits per heavy atom. The molecule has 0 N–H and O–H groups in total. The van der Waals surface area contributed by atoms with Crippen LogP contribution in [0.5, 0.6) is 0 Å². The highest BCUT2D eigenvalue weighted by Crippen LogP contribution is 2.22. The molecule has 70 valence electrons. The van der Waals surface area contributed by atoms with Gasteiger partial charge in [0.25, 0.3) is 0 Å².